The predicted octanol–water partition coefficient (Wildman–Crippen LogP) is 1.61. The van der Waals surface area contributed by atoms with Gasteiger partial charge in [-0.2, -0.15) is 0 Å². The first kappa shape index (κ1) is 11.3. The Hall–Kier alpha value is -1.23. The van der Waals surface area contributed by atoms with Crippen LogP contribution in [0.4, 0.5) is 5.69 Å². The van der Waals surface area contributed by atoms with E-state index in [9.17, 15) is 0 Å². The van der Waals surface area contributed by atoms with Crippen molar-refractivity contribution in [2.45, 2.75) is 32.2 Å². The fourth-order valence-corrected chi connectivity index (χ4v) is 1.84. The number of hydrogen-bond acceptors (Lipinski definition) is 4. The number of ether oxygens (including phenoxy) is 2. The van der Waals surface area contributed by atoms with E-state index in [1.165, 1.54) is 0 Å². The molecule has 0 aromatic carbocycles. The summed E-state index contributed by atoms with van der Waals surface area (Å²) in [5.41, 5.74) is 6.47. The highest BCUT2D eigenvalue weighted by Gasteiger charge is 2.18. The molecule has 1 aromatic heterocycles. The second-order valence-corrected chi connectivity index (χ2v) is 4.06. The third-order valence-corrected chi connectivity index (χ3v) is 2.73. The third-order valence-electron chi connectivity index (χ3n) is 2.73. The Labute approximate surface area is 95.5 Å². The van der Waals surface area contributed by atoms with Crippen LogP contribution in [-0.2, 0) is 4.74 Å². The molecule has 0 spiro atoms. The summed E-state index contributed by atoms with van der Waals surface area (Å²) in [5, 5.41) is 4.38. The molecular formula is C11H19N3O2. The Morgan fingerprint density at radius 3 is 3.00 bits per heavy atom. The van der Waals surface area contributed by atoms with Crippen molar-refractivity contribution in [3.8, 4) is 5.88 Å². The highest BCUT2D eigenvalue weighted by molar-refractivity contribution is 5.45. The zero-order valence-corrected chi connectivity index (χ0v) is 9.69. The maximum Gasteiger partial charge on any atom is 0.256 e. The number of nitrogens with two attached hydrogens (primary N) is 1. The Kier molecular flexibility index (Phi) is 3.66. The SMILES string of the molecule is CCCOc1nn(C2CCOCC2)cc1N. The van der Waals surface area contributed by atoms with Gasteiger partial charge < -0.3 is 15.2 Å². The molecule has 2 heterocycles. The van der Waals surface area contributed by atoms with Crippen LogP contribution in [0.5, 0.6) is 5.88 Å². The lowest BCUT2D eigenvalue weighted by Crippen LogP contribution is -2.20. The van der Waals surface area contributed by atoms with Gasteiger partial charge in [-0.1, -0.05) is 6.92 Å². The van der Waals surface area contributed by atoms with Gasteiger partial charge in [0, 0.05) is 13.2 Å². The smallest absolute Gasteiger partial charge is 0.256 e. The maximum atomic E-state index is 5.85. The Morgan fingerprint density at radius 2 is 2.31 bits per heavy atom. The number of hydrogen-bond donors (Lipinski definition) is 1. The largest absolute Gasteiger partial charge is 0.475 e. The van der Waals surface area contributed by atoms with Crippen molar-refractivity contribution in [2.24, 2.45) is 0 Å². The summed E-state index contributed by atoms with van der Waals surface area (Å²) in [6.07, 6.45) is 4.81. The fourth-order valence-electron chi connectivity index (χ4n) is 1.84. The van der Waals surface area contributed by atoms with Gasteiger partial charge >= 0.3 is 0 Å². The second-order valence-electron chi connectivity index (χ2n) is 4.06. The van der Waals surface area contributed by atoms with E-state index in [4.69, 9.17) is 15.2 Å². The average molecular weight is 225 g/mol. The molecule has 1 fully saturated rings. The van der Waals surface area contributed by atoms with E-state index in [2.05, 4.69) is 12.0 Å². The minimum atomic E-state index is 0.398. The van der Waals surface area contributed by atoms with Crippen molar-refractivity contribution in [1.29, 1.82) is 0 Å². The van der Waals surface area contributed by atoms with Crippen LogP contribution in [0.1, 0.15) is 32.2 Å². The highest BCUT2D eigenvalue weighted by atomic mass is 16.5. The number of nitrogen functional groups attached to an aromatic ring is 1. The number of nitrogens with zero attached hydrogens (tertiary/aromatic N) is 2. The van der Waals surface area contributed by atoms with E-state index < -0.39 is 0 Å². The molecule has 1 saturated heterocycles. The zero-order chi connectivity index (χ0) is 11.4. The quantitative estimate of drug-likeness (QED) is 0.845. The molecule has 0 radical (unpaired) electrons. The Balaban J connectivity index is 2.03. The van der Waals surface area contributed by atoms with E-state index in [-0.39, 0.29) is 0 Å². The first-order valence-corrected chi connectivity index (χ1v) is 5.86. The summed E-state index contributed by atoms with van der Waals surface area (Å²) in [5.74, 6) is 0.563. The van der Waals surface area contributed by atoms with Crippen LogP contribution in [0.15, 0.2) is 6.20 Å². The standard InChI is InChI=1S/C11H19N3O2/c1-2-5-16-11-10(12)8-14(13-11)9-3-6-15-7-4-9/h8-9H,2-7,12H2,1H3. The molecule has 0 unspecified atom stereocenters. The van der Waals surface area contributed by atoms with Gasteiger partial charge in [-0.3, -0.25) is 4.68 Å². The summed E-state index contributed by atoms with van der Waals surface area (Å²) in [6, 6.07) is 0.398. The van der Waals surface area contributed by atoms with Crippen LogP contribution in [0.3, 0.4) is 0 Å². The Bertz CT molecular complexity index is 332. The molecule has 0 atom stereocenters. The lowest BCUT2D eigenvalue weighted by molar-refractivity contribution is 0.0658. The third kappa shape index (κ3) is 2.47. The summed E-state index contributed by atoms with van der Waals surface area (Å²) < 4.78 is 12.7. The first-order valence-electron chi connectivity index (χ1n) is 5.86. The molecule has 2 rings (SSSR count). The topological polar surface area (TPSA) is 62.3 Å². The maximum absolute atomic E-state index is 5.85. The normalized spacial score (nSPS) is 17.6. The molecule has 5 nitrogen and oxygen atoms in total. The average Bonchev–Trinajstić information content (AvgIpc) is 2.69. The molecule has 0 amide bonds. The molecule has 0 aliphatic carbocycles. The molecule has 0 saturated carbocycles. The summed E-state index contributed by atoms with van der Waals surface area (Å²) >= 11 is 0. The minimum absolute atomic E-state index is 0.398. The number of aromatic nitrogens is 2. The summed E-state index contributed by atoms with van der Waals surface area (Å²) in [4.78, 5) is 0. The first-order chi connectivity index (χ1) is 7.81. The van der Waals surface area contributed by atoms with Gasteiger partial charge in [-0.05, 0) is 19.3 Å². The molecule has 1 aliphatic rings. The monoisotopic (exact) mass is 225 g/mol. The van der Waals surface area contributed by atoms with Crippen molar-refractivity contribution < 1.29 is 9.47 Å². The van der Waals surface area contributed by atoms with Crippen LogP contribution in [0, 0.1) is 0 Å². The molecule has 5 heteroatoms. The van der Waals surface area contributed by atoms with Crippen molar-refractivity contribution in [3.63, 3.8) is 0 Å². The molecule has 1 aliphatic heterocycles. The van der Waals surface area contributed by atoms with Gasteiger partial charge in [-0.15, -0.1) is 5.10 Å². The molecule has 90 valence electrons. The van der Waals surface area contributed by atoms with Crippen molar-refractivity contribution in [2.75, 3.05) is 25.6 Å². The van der Waals surface area contributed by atoms with Gasteiger partial charge in [0.05, 0.1) is 18.8 Å². The van der Waals surface area contributed by atoms with E-state index in [1.54, 1.807) is 0 Å². The van der Waals surface area contributed by atoms with Crippen molar-refractivity contribution >= 4 is 5.69 Å². The van der Waals surface area contributed by atoms with Crippen LogP contribution < -0.4 is 10.5 Å². The lowest BCUT2D eigenvalue weighted by Gasteiger charge is -2.21. The lowest BCUT2D eigenvalue weighted by atomic mass is 10.1. The van der Waals surface area contributed by atoms with Crippen LogP contribution >= 0.6 is 0 Å². The molecule has 1 aromatic rings. The van der Waals surface area contributed by atoms with Gasteiger partial charge in [0.1, 0.15) is 5.69 Å². The molecule has 0 bridgehead atoms. The van der Waals surface area contributed by atoms with Crippen molar-refractivity contribution in [1.82, 2.24) is 9.78 Å². The van der Waals surface area contributed by atoms with E-state index in [0.29, 0.717) is 24.2 Å². The van der Waals surface area contributed by atoms with E-state index in [0.717, 1.165) is 32.5 Å². The van der Waals surface area contributed by atoms with Crippen LogP contribution in [0.2, 0.25) is 0 Å². The Morgan fingerprint density at radius 1 is 1.56 bits per heavy atom. The number of anilines is 1. The highest BCUT2D eigenvalue weighted by Crippen LogP contribution is 2.25. The van der Waals surface area contributed by atoms with Crippen LogP contribution in [0.25, 0.3) is 0 Å². The van der Waals surface area contributed by atoms with Gasteiger partial charge in [0.15, 0.2) is 0 Å². The van der Waals surface area contributed by atoms with Crippen molar-refractivity contribution in [3.05, 3.63) is 6.20 Å². The summed E-state index contributed by atoms with van der Waals surface area (Å²) in [7, 11) is 0. The molecular weight excluding hydrogens is 206 g/mol. The minimum Gasteiger partial charge on any atom is -0.475 e. The molecule has 16 heavy (non-hydrogen) atoms. The van der Waals surface area contributed by atoms with E-state index >= 15 is 0 Å². The van der Waals surface area contributed by atoms with Gasteiger partial charge in [0.25, 0.3) is 5.88 Å². The summed E-state index contributed by atoms with van der Waals surface area (Å²) in [6.45, 7) is 4.33. The number of rotatable bonds is 4. The predicted molar refractivity (Wildman–Crippen MR) is 61.5 cm³/mol. The van der Waals surface area contributed by atoms with Gasteiger partial charge in [0.2, 0.25) is 0 Å². The zero-order valence-electron chi connectivity index (χ0n) is 9.69. The second kappa shape index (κ2) is 5.21. The fraction of sp³-hybridized carbons (Fsp3) is 0.727. The molecule has 2 N–H and O–H groups in total. The van der Waals surface area contributed by atoms with Gasteiger partial charge in [-0.25, -0.2) is 0 Å². The van der Waals surface area contributed by atoms with E-state index in [1.807, 2.05) is 10.9 Å². The van der Waals surface area contributed by atoms with Crippen LogP contribution in [-0.4, -0.2) is 29.6 Å².